The van der Waals surface area contributed by atoms with Crippen LogP contribution in [0.5, 0.6) is 0 Å². The first-order chi connectivity index (χ1) is 22.6. The third kappa shape index (κ3) is 5.88. The zero-order valence-electron chi connectivity index (χ0n) is 29.2. The highest BCUT2D eigenvalue weighted by atomic mass is 16.7. The fourth-order valence-electron chi connectivity index (χ4n) is 11.1. The van der Waals surface area contributed by atoms with Gasteiger partial charge in [0.05, 0.1) is 17.8 Å². The Kier molecular flexibility index (Phi) is 9.54. The average Bonchev–Trinajstić information content (AvgIpc) is 3.54. The first-order valence-corrected chi connectivity index (χ1v) is 17.6. The highest BCUT2D eigenvalue weighted by Crippen LogP contribution is 2.70. The van der Waals surface area contributed by atoms with Crippen molar-refractivity contribution in [1.29, 1.82) is 0 Å². The molecule has 0 aromatic carbocycles. The summed E-state index contributed by atoms with van der Waals surface area (Å²) in [7, 11) is 1.48. The number of methoxy groups -OCH3 is 1. The summed E-state index contributed by atoms with van der Waals surface area (Å²) in [5.41, 5.74) is -0.837. The van der Waals surface area contributed by atoms with Crippen LogP contribution in [-0.4, -0.2) is 91.2 Å². The van der Waals surface area contributed by atoms with Crippen molar-refractivity contribution in [1.82, 2.24) is 0 Å². The van der Waals surface area contributed by atoms with Crippen LogP contribution in [0.4, 0.5) is 0 Å². The van der Waals surface area contributed by atoms with E-state index >= 15 is 0 Å². The quantitative estimate of drug-likeness (QED) is 0.237. The van der Waals surface area contributed by atoms with Crippen molar-refractivity contribution >= 4 is 23.9 Å². The Morgan fingerprint density at radius 1 is 0.917 bits per heavy atom. The van der Waals surface area contributed by atoms with E-state index in [9.17, 15) is 24.3 Å². The molecule has 14 atom stereocenters. The highest BCUT2D eigenvalue weighted by molar-refractivity contribution is 5.85. The van der Waals surface area contributed by atoms with E-state index in [0.717, 1.165) is 37.7 Å². The molecule has 0 spiro atoms. The molecular formula is C36H52O12. The van der Waals surface area contributed by atoms with Gasteiger partial charge in [-0.3, -0.25) is 14.4 Å². The summed E-state index contributed by atoms with van der Waals surface area (Å²) in [6.07, 6.45) is 2.78. The first kappa shape index (κ1) is 35.3. The molecule has 0 aromatic rings. The van der Waals surface area contributed by atoms with Crippen LogP contribution >= 0.6 is 0 Å². The molecule has 268 valence electrons. The number of ether oxygens (including phenoxy) is 7. The number of cyclic esters (lactones) is 1. The molecule has 48 heavy (non-hydrogen) atoms. The normalized spacial score (nSPS) is 46.7. The third-order valence-corrected chi connectivity index (χ3v) is 13.1. The molecule has 5 fully saturated rings. The molecule has 2 heterocycles. The lowest BCUT2D eigenvalue weighted by atomic mass is 9.42. The van der Waals surface area contributed by atoms with Gasteiger partial charge in [0.2, 0.25) is 0 Å². The molecule has 4 saturated carbocycles. The topological polar surface area (TPSA) is 153 Å². The van der Waals surface area contributed by atoms with E-state index in [0.29, 0.717) is 19.3 Å². The van der Waals surface area contributed by atoms with E-state index in [1.165, 1.54) is 27.9 Å². The predicted molar refractivity (Wildman–Crippen MR) is 168 cm³/mol. The van der Waals surface area contributed by atoms with E-state index < -0.39 is 53.7 Å². The Balaban J connectivity index is 1.23. The van der Waals surface area contributed by atoms with Gasteiger partial charge in [-0.2, -0.15) is 0 Å². The van der Waals surface area contributed by atoms with Crippen molar-refractivity contribution in [3.05, 3.63) is 11.6 Å². The van der Waals surface area contributed by atoms with E-state index in [4.69, 9.17) is 33.2 Å². The molecule has 6 aliphatic rings. The van der Waals surface area contributed by atoms with Gasteiger partial charge >= 0.3 is 23.9 Å². The van der Waals surface area contributed by atoms with E-state index in [-0.39, 0.29) is 59.8 Å². The number of carbonyl (C=O) groups is 4. The standard InChI is InChI=1S/C36H52O12/c1-18-30(46-20(3)38)31(42-7)32(47-21(4)39)33(44-18)48-24-10-12-34(5)23(15-24)8-9-26-29(34)27(45-19(2)37)16-35(6)25(11-13-36(26,35)41)22-14-28(40)43-17-22/h14,18,23-27,29-33,41H,8-13,15-17H2,1-7H3/t18?,23?,24?,25?,26?,27?,29?,30-,31?,32+,33?,34?,35?,36?/m0/s1. The second-order valence-electron chi connectivity index (χ2n) is 15.6. The van der Waals surface area contributed by atoms with Gasteiger partial charge in [-0.1, -0.05) is 13.8 Å². The maximum atomic E-state index is 12.7. The Morgan fingerprint density at radius 2 is 1.60 bits per heavy atom. The Bertz CT molecular complexity index is 1330. The monoisotopic (exact) mass is 676 g/mol. The smallest absolute Gasteiger partial charge is 0.331 e. The molecule has 4 aliphatic carbocycles. The second kappa shape index (κ2) is 13.0. The van der Waals surface area contributed by atoms with Gasteiger partial charge < -0.3 is 38.3 Å². The molecule has 6 rings (SSSR count). The first-order valence-electron chi connectivity index (χ1n) is 17.6. The lowest BCUT2D eigenvalue weighted by Gasteiger charge is -2.65. The van der Waals surface area contributed by atoms with Crippen molar-refractivity contribution in [3.8, 4) is 0 Å². The van der Waals surface area contributed by atoms with Crippen molar-refractivity contribution in [2.75, 3.05) is 13.7 Å². The molecule has 12 nitrogen and oxygen atoms in total. The van der Waals surface area contributed by atoms with E-state index in [1.807, 2.05) is 0 Å². The van der Waals surface area contributed by atoms with Gasteiger partial charge in [-0.15, -0.1) is 0 Å². The number of aliphatic hydroxyl groups is 1. The summed E-state index contributed by atoms with van der Waals surface area (Å²) < 4.78 is 41.1. The van der Waals surface area contributed by atoms with Gasteiger partial charge in [0.15, 0.2) is 18.5 Å². The second-order valence-corrected chi connectivity index (χ2v) is 15.6. The van der Waals surface area contributed by atoms with Crippen LogP contribution in [0.15, 0.2) is 11.6 Å². The lowest BCUT2D eigenvalue weighted by Crippen LogP contribution is -2.67. The molecule has 0 amide bonds. The molecule has 0 bridgehead atoms. The van der Waals surface area contributed by atoms with Crippen LogP contribution in [0.3, 0.4) is 0 Å². The minimum absolute atomic E-state index is 0.0259. The SMILES string of the molecule is COC1[C@@H](OC(C)=O)C(C)OC(OC2CCC3(C)C(CCC4C3C(OC(C)=O)CC3(C)C(C5=CC(=O)OC5)CCC43O)C2)[C@@H]1OC(C)=O. The molecule has 0 radical (unpaired) electrons. The Morgan fingerprint density at radius 3 is 2.23 bits per heavy atom. The Hall–Kier alpha value is -2.54. The van der Waals surface area contributed by atoms with Gasteiger partial charge in [0, 0.05) is 45.3 Å². The summed E-state index contributed by atoms with van der Waals surface area (Å²) in [6, 6.07) is 0. The summed E-state index contributed by atoms with van der Waals surface area (Å²) in [5, 5.41) is 12.7. The summed E-state index contributed by atoms with van der Waals surface area (Å²) >= 11 is 0. The van der Waals surface area contributed by atoms with Gasteiger partial charge in [0.1, 0.15) is 18.8 Å². The van der Waals surface area contributed by atoms with Crippen molar-refractivity contribution in [2.45, 2.75) is 141 Å². The van der Waals surface area contributed by atoms with Gasteiger partial charge in [0.25, 0.3) is 0 Å². The fourth-order valence-corrected chi connectivity index (χ4v) is 11.1. The van der Waals surface area contributed by atoms with Crippen LogP contribution in [0, 0.1) is 34.5 Å². The van der Waals surface area contributed by atoms with Crippen molar-refractivity contribution in [3.63, 3.8) is 0 Å². The van der Waals surface area contributed by atoms with Crippen LogP contribution in [0.25, 0.3) is 0 Å². The van der Waals surface area contributed by atoms with E-state index in [2.05, 4.69) is 13.8 Å². The van der Waals surface area contributed by atoms with Gasteiger partial charge in [-0.05, 0) is 87.0 Å². The molecular weight excluding hydrogens is 624 g/mol. The predicted octanol–water partition coefficient (Wildman–Crippen LogP) is 3.79. The molecule has 12 heteroatoms. The molecule has 0 aromatic heterocycles. The number of rotatable bonds is 7. The number of hydrogen-bond donors (Lipinski definition) is 1. The zero-order valence-corrected chi connectivity index (χ0v) is 29.2. The maximum Gasteiger partial charge on any atom is 0.331 e. The van der Waals surface area contributed by atoms with Gasteiger partial charge in [-0.25, -0.2) is 4.79 Å². The summed E-state index contributed by atoms with van der Waals surface area (Å²) in [5.74, 6) is -1.60. The molecule has 12 unspecified atom stereocenters. The lowest BCUT2D eigenvalue weighted by molar-refractivity contribution is -0.318. The van der Waals surface area contributed by atoms with Crippen LogP contribution < -0.4 is 0 Å². The number of hydrogen-bond acceptors (Lipinski definition) is 12. The molecule has 1 N–H and O–H groups in total. The number of esters is 4. The summed E-state index contributed by atoms with van der Waals surface area (Å²) in [4.78, 5) is 48.6. The van der Waals surface area contributed by atoms with Crippen LogP contribution in [-0.2, 0) is 52.3 Å². The van der Waals surface area contributed by atoms with Crippen LogP contribution in [0.2, 0.25) is 0 Å². The zero-order chi connectivity index (χ0) is 34.8. The average molecular weight is 677 g/mol. The number of fused-ring (bicyclic) bond motifs is 5. The molecule has 2 aliphatic heterocycles. The Labute approximate surface area is 282 Å². The maximum absolute atomic E-state index is 12.7. The van der Waals surface area contributed by atoms with Crippen molar-refractivity contribution < 1.29 is 57.4 Å². The minimum Gasteiger partial charge on any atom is -0.462 e. The van der Waals surface area contributed by atoms with E-state index in [1.54, 1.807) is 13.0 Å². The highest BCUT2D eigenvalue weighted by Gasteiger charge is 2.71. The minimum atomic E-state index is -0.968. The van der Waals surface area contributed by atoms with Crippen molar-refractivity contribution in [2.24, 2.45) is 34.5 Å². The fraction of sp³-hybridized carbons (Fsp3) is 0.833. The largest absolute Gasteiger partial charge is 0.462 e. The van der Waals surface area contributed by atoms with Crippen LogP contribution in [0.1, 0.15) is 92.9 Å². The third-order valence-electron chi connectivity index (χ3n) is 13.1. The number of carbonyl (C=O) groups excluding carboxylic acids is 4. The summed E-state index contributed by atoms with van der Waals surface area (Å²) in [6.45, 7) is 10.5. The molecule has 1 saturated heterocycles.